The van der Waals surface area contributed by atoms with Gasteiger partial charge in [-0.25, -0.2) is 9.78 Å². The van der Waals surface area contributed by atoms with E-state index in [1.54, 1.807) is 6.08 Å². The monoisotopic (exact) mass is 317 g/mol. The molecule has 116 valence electrons. The van der Waals surface area contributed by atoms with Gasteiger partial charge < -0.3 is 15.3 Å². The molecule has 0 radical (unpaired) electrons. The van der Waals surface area contributed by atoms with E-state index in [1.807, 2.05) is 35.7 Å². The second-order valence-corrected chi connectivity index (χ2v) is 5.55. The number of hydrogen-bond donors (Lipinski definition) is 2. The van der Waals surface area contributed by atoms with Gasteiger partial charge in [0.15, 0.2) is 0 Å². The Bertz CT molecular complexity index is 613. The predicted octanol–water partition coefficient (Wildman–Crippen LogP) is 2.50. The number of rotatable bonds is 7. The van der Waals surface area contributed by atoms with Crippen LogP contribution in [-0.2, 0) is 6.54 Å². The second-order valence-electron chi connectivity index (χ2n) is 4.61. The van der Waals surface area contributed by atoms with Crippen LogP contribution in [0.15, 0.2) is 48.4 Å². The molecule has 0 bridgehead atoms. The van der Waals surface area contributed by atoms with Crippen LogP contribution < -0.4 is 5.32 Å². The first-order valence-electron chi connectivity index (χ1n) is 6.99. The Morgan fingerprint density at radius 1 is 1.41 bits per heavy atom. The van der Waals surface area contributed by atoms with Crippen molar-refractivity contribution in [2.24, 2.45) is 0 Å². The van der Waals surface area contributed by atoms with Gasteiger partial charge in [-0.3, -0.25) is 0 Å². The molecule has 1 aromatic heterocycles. The van der Waals surface area contributed by atoms with Gasteiger partial charge in [0.2, 0.25) is 0 Å². The number of aromatic nitrogens is 1. The summed E-state index contributed by atoms with van der Waals surface area (Å²) in [7, 11) is 0. The second kappa shape index (κ2) is 8.31. The minimum Gasteiger partial charge on any atom is -0.395 e. The van der Waals surface area contributed by atoms with Crippen LogP contribution in [0, 0.1) is 0 Å². The zero-order chi connectivity index (χ0) is 15.8. The fourth-order valence-electron chi connectivity index (χ4n) is 1.95. The van der Waals surface area contributed by atoms with Gasteiger partial charge in [0.25, 0.3) is 0 Å². The standard InChI is InChI=1S/C16H19N3O2S/c1-2-8-19(9-10-20)16(21)17-11-15-18-14(12-22-15)13-6-4-3-5-7-13/h2-7,12,20H,1,8-11H2,(H,17,21). The topological polar surface area (TPSA) is 65.5 Å². The molecule has 1 aromatic carbocycles. The van der Waals surface area contributed by atoms with Crippen molar-refractivity contribution in [1.82, 2.24) is 15.2 Å². The third-order valence-corrected chi connectivity index (χ3v) is 3.87. The molecule has 0 aliphatic carbocycles. The van der Waals surface area contributed by atoms with Crippen LogP contribution in [0.5, 0.6) is 0 Å². The van der Waals surface area contributed by atoms with Gasteiger partial charge >= 0.3 is 6.03 Å². The number of thiazole rings is 1. The smallest absolute Gasteiger partial charge is 0.318 e. The first-order valence-corrected chi connectivity index (χ1v) is 7.87. The van der Waals surface area contributed by atoms with Crippen molar-refractivity contribution >= 4 is 17.4 Å². The van der Waals surface area contributed by atoms with Crippen LogP contribution in [0.2, 0.25) is 0 Å². The number of amides is 2. The van der Waals surface area contributed by atoms with Gasteiger partial charge in [0, 0.05) is 24.0 Å². The molecule has 2 aromatic rings. The summed E-state index contributed by atoms with van der Waals surface area (Å²) < 4.78 is 0. The molecular formula is C16H19N3O2S. The summed E-state index contributed by atoms with van der Waals surface area (Å²) in [6.07, 6.45) is 1.63. The van der Waals surface area contributed by atoms with Gasteiger partial charge in [0.05, 0.1) is 18.8 Å². The molecule has 0 aliphatic heterocycles. The lowest BCUT2D eigenvalue weighted by Crippen LogP contribution is -2.41. The number of nitrogens with one attached hydrogen (secondary N) is 1. The van der Waals surface area contributed by atoms with Crippen LogP contribution in [-0.4, -0.2) is 40.7 Å². The van der Waals surface area contributed by atoms with E-state index in [2.05, 4.69) is 16.9 Å². The molecule has 0 saturated carbocycles. The Hall–Kier alpha value is -2.18. The summed E-state index contributed by atoms with van der Waals surface area (Å²) >= 11 is 1.51. The SMILES string of the molecule is C=CCN(CCO)C(=O)NCc1nc(-c2ccccc2)cs1. The maximum atomic E-state index is 12.0. The lowest BCUT2D eigenvalue weighted by Gasteiger charge is -2.20. The summed E-state index contributed by atoms with van der Waals surface area (Å²) in [4.78, 5) is 18.0. The molecule has 0 aliphatic rings. The normalized spacial score (nSPS) is 10.2. The van der Waals surface area contributed by atoms with Gasteiger partial charge in [-0.05, 0) is 0 Å². The quantitative estimate of drug-likeness (QED) is 0.771. The van der Waals surface area contributed by atoms with E-state index < -0.39 is 0 Å². The Morgan fingerprint density at radius 3 is 2.86 bits per heavy atom. The molecule has 0 atom stereocenters. The summed E-state index contributed by atoms with van der Waals surface area (Å²) in [5.41, 5.74) is 1.97. The summed E-state index contributed by atoms with van der Waals surface area (Å²) in [6.45, 7) is 4.59. The first kappa shape index (κ1) is 16.2. The van der Waals surface area contributed by atoms with Crippen molar-refractivity contribution in [3.05, 3.63) is 53.4 Å². The van der Waals surface area contributed by atoms with Crippen LogP contribution in [0.25, 0.3) is 11.3 Å². The molecule has 22 heavy (non-hydrogen) atoms. The highest BCUT2D eigenvalue weighted by molar-refractivity contribution is 7.09. The molecule has 0 saturated heterocycles. The zero-order valence-corrected chi connectivity index (χ0v) is 13.1. The maximum Gasteiger partial charge on any atom is 0.318 e. The third-order valence-electron chi connectivity index (χ3n) is 3.02. The number of aliphatic hydroxyl groups is 1. The number of carbonyl (C=O) groups is 1. The van der Waals surface area contributed by atoms with Crippen LogP contribution in [0.1, 0.15) is 5.01 Å². The number of urea groups is 1. The Balaban J connectivity index is 1.93. The summed E-state index contributed by atoms with van der Waals surface area (Å²) in [6, 6.07) is 9.68. The largest absolute Gasteiger partial charge is 0.395 e. The van der Waals surface area contributed by atoms with E-state index in [9.17, 15) is 4.79 Å². The van der Waals surface area contributed by atoms with Crippen molar-refractivity contribution in [2.75, 3.05) is 19.7 Å². The molecule has 1 heterocycles. The molecular weight excluding hydrogens is 298 g/mol. The van der Waals surface area contributed by atoms with E-state index in [0.29, 0.717) is 13.1 Å². The van der Waals surface area contributed by atoms with Gasteiger partial charge in [-0.15, -0.1) is 17.9 Å². The highest BCUT2D eigenvalue weighted by Crippen LogP contribution is 2.21. The van der Waals surface area contributed by atoms with Gasteiger partial charge in [-0.1, -0.05) is 36.4 Å². The molecule has 5 nitrogen and oxygen atoms in total. The summed E-state index contributed by atoms with van der Waals surface area (Å²) in [5, 5.41) is 14.6. The van der Waals surface area contributed by atoms with Gasteiger partial charge in [-0.2, -0.15) is 0 Å². The fourth-order valence-corrected chi connectivity index (χ4v) is 2.69. The zero-order valence-electron chi connectivity index (χ0n) is 12.2. The maximum absolute atomic E-state index is 12.0. The molecule has 6 heteroatoms. The lowest BCUT2D eigenvalue weighted by atomic mass is 10.2. The average molecular weight is 317 g/mol. The number of nitrogens with zero attached hydrogens (tertiary/aromatic N) is 2. The van der Waals surface area contributed by atoms with Crippen LogP contribution in [0.4, 0.5) is 4.79 Å². The highest BCUT2D eigenvalue weighted by atomic mass is 32.1. The Kier molecular flexibility index (Phi) is 6.12. The third kappa shape index (κ3) is 4.41. The first-order chi connectivity index (χ1) is 10.7. The van der Waals surface area contributed by atoms with Gasteiger partial charge in [0.1, 0.15) is 5.01 Å². The van der Waals surface area contributed by atoms with Crippen LogP contribution >= 0.6 is 11.3 Å². The average Bonchev–Trinajstić information content (AvgIpc) is 3.02. The molecule has 2 rings (SSSR count). The van der Waals surface area contributed by atoms with E-state index >= 15 is 0 Å². The Labute approximate surface area is 133 Å². The number of hydrogen-bond acceptors (Lipinski definition) is 4. The molecule has 0 fully saturated rings. The van der Waals surface area contributed by atoms with E-state index in [0.717, 1.165) is 16.3 Å². The van der Waals surface area contributed by atoms with E-state index in [1.165, 1.54) is 16.2 Å². The van der Waals surface area contributed by atoms with Crippen LogP contribution in [0.3, 0.4) is 0 Å². The highest BCUT2D eigenvalue weighted by Gasteiger charge is 2.12. The number of aliphatic hydroxyl groups excluding tert-OH is 1. The van der Waals surface area contributed by atoms with Crippen molar-refractivity contribution in [1.29, 1.82) is 0 Å². The molecule has 0 spiro atoms. The lowest BCUT2D eigenvalue weighted by molar-refractivity contribution is 0.183. The fraction of sp³-hybridized carbons (Fsp3) is 0.250. The number of carbonyl (C=O) groups excluding carboxylic acids is 1. The van der Waals surface area contributed by atoms with E-state index in [4.69, 9.17) is 5.11 Å². The minimum atomic E-state index is -0.231. The minimum absolute atomic E-state index is 0.0728. The predicted molar refractivity (Wildman–Crippen MR) is 88.6 cm³/mol. The molecule has 2 N–H and O–H groups in total. The Morgan fingerprint density at radius 2 is 2.18 bits per heavy atom. The number of benzene rings is 1. The summed E-state index contributed by atoms with van der Waals surface area (Å²) in [5.74, 6) is 0. The van der Waals surface area contributed by atoms with Crippen molar-refractivity contribution in [3.8, 4) is 11.3 Å². The van der Waals surface area contributed by atoms with Crippen molar-refractivity contribution < 1.29 is 9.90 Å². The van der Waals surface area contributed by atoms with Crippen molar-refractivity contribution in [3.63, 3.8) is 0 Å². The molecule has 0 unspecified atom stereocenters. The molecule has 2 amide bonds. The van der Waals surface area contributed by atoms with E-state index in [-0.39, 0.29) is 19.2 Å². The van der Waals surface area contributed by atoms with Crippen molar-refractivity contribution in [2.45, 2.75) is 6.54 Å².